The number of methoxy groups -OCH3 is 2. The van der Waals surface area contributed by atoms with E-state index in [2.05, 4.69) is 10.0 Å². The van der Waals surface area contributed by atoms with E-state index in [1.165, 1.54) is 6.07 Å². The lowest BCUT2D eigenvalue weighted by Crippen LogP contribution is -2.27. The number of nitrogens with one attached hydrogen (secondary N) is 2. The highest BCUT2D eigenvalue weighted by Gasteiger charge is 2.20. The second-order valence-electron chi connectivity index (χ2n) is 7.76. The molecule has 0 saturated carbocycles. The highest BCUT2D eigenvalue weighted by atomic mass is 32.2. The van der Waals surface area contributed by atoms with Crippen LogP contribution in [0.2, 0.25) is 0 Å². The Morgan fingerprint density at radius 2 is 1.55 bits per heavy atom. The molecule has 8 heteroatoms. The topological polar surface area (TPSA) is 93.7 Å². The molecule has 0 heterocycles. The standard InChI is InChI=1S/C25H28N2O5S/c1-16-6-11-21(12-7-16)27-33(29,30)24-15-20(9-8-17(24)2)25(28)26-18(3)19-10-13-22(31-4)23(14-19)32-5/h6-15,18,27H,1-5H3,(H,26,28)/t18-/m0/s1. The zero-order chi connectivity index (χ0) is 24.2. The van der Waals surface area contributed by atoms with E-state index >= 15 is 0 Å². The predicted octanol–water partition coefficient (Wildman–Crippen LogP) is 4.61. The van der Waals surface area contributed by atoms with Crippen molar-refractivity contribution in [1.82, 2.24) is 5.32 Å². The zero-order valence-electron chi connectivity index (χ0n) is 19.3. The molecular weight excluding hydrogens is 440 g/mol. The van der Waals surface area contributed by atoms with Gasteiger partial charge in [-0.1, -0.05) is 29.8 Å². The molecule has 0 unspecified atom stereocenters. The number of hydrogen-bond donors (Lipinski definition) is 2. The molecule has 1 atom stereocenters. The summed E-state index contributed by atoms with van der Waals surface area (Å²) in [6, 6.07) is 16.7. The van der Waals surface area contributed by atoms with Crippen molar-refractivity contribution >= 4 is 21.6 Å². The molecule has 0 bridgehead atoms. The molecule has 0 spiro atoms. The number of hydrogen-bond acceptors (Lipinski definition) is 5. The summed E-state index contributed by atoms with van der Waals surface area (Å²) in [6.45, 7) is 5.45. The van der Waals surface area contributed by atoms with Gasteiger partial charge in [0.2, 0.25) is 0 Å². The number of carbonyl (C=O) groups excluding carboxylic acids is 1. The Morgan fingerprint density at radius 3 is 2.18 bits per heavy atom. The van der Waals surface area contributed by atoms with Crippen molar-refractivity contribution in [3.63, 3.8) is 0 Å². The SMILES string of the molecule is COc1ccc([C@H](C)NC(=O)c2ccc(C)c(S(=O)(=O)Nc3ccc(C)cc3)c2)cc1OC. The van der Waals surface area contributed by atoms with E-state index < -0.39 is 10.0 Å². The van der Waals surface area contributed by atoms with E-state index in [9.17, 15) is 13.2 Å². The molecule has 1 amide bonds. The zero-order valence-corrected chi connectivity index (χ0v) is 20.1. The van der Waals surface area contributed by atoms with Gasteiger partial charge in [0.15, 0.2) is 11.5 Å². The van der Waals surface area contributed by atoms with Crippen LogP contribution in [0.3, 0.4) is 0 Å². The molecule has 0 aliphatic carbocycles. The first kappa shape index (κ1) is 24.1. The molecule has 0 saturated heterocycles. The third kappa shape index (κ3) is 5.64. The van der Waals surface area contributed by atoms with Crippen LogP contribution in [0.15, 0.2) is 65.6 Å². The van der Waals surface area contributed by atoms with Gasteiger partial charge < -0.3 is 14.8 Å². The lowest BCUT2D eigenvalue weighted by molar-refractivity contribution is 0.0939. The van der Waals surface area contributed by atoms with Crippen LogP contribution < -0.4 is 19.5 Å². The van der Waals surface area contributed by atoms with Crippen molar-refractivity contribution in [3.05, 3.63) is 82.9 Å². The van der Waals surface area contributed by atoms with Gasteiger partial charge in [-0.05, 0) is 68.3 Å². The quantitative estimate of drug-likeness (QED) is 0.503. The smallest absolute Gasteiger partial charge is 0.262 e. The Balaban J connectivity index is 1.82. The van der Waals surface area contributed by atoms with Gasteiger partial charge in [-0.3, -0.25) is 9.52 Å². The minimum atomic E-state index is -3.87. The van der Waals surface area contributed by atoms with Gasteiger partial charge in [-0.25, -0.2) is 8.42 Å². The van der Waals surface area contributed by atoms with Gasteiger partial charge in [0.1, 0.15) is 0 Å². The van der Waals surface area contributed by atoms with Crippen LogP contribution >= 0.6 is 0 Å². The monoisotopic (exact) mass is 468 g/mol. The first-order valence-electron chi connectivity index (χ1n) is 10.4. The number of sulfonamides is 1. The van der Waals surface area contributed by atoms with Gasteiger partial charge in [-0.15, -0.1) is 0 Å². The molecule has 2 N–H and O–H groups in total. The third-order valence-corrected chi connectivity index (χ3v) is 6.82. The molecule has 3 aromatic carbocycles. The molecule has 0 aliphatic heterocycles. The van der Waals surface area contributed by atoms with E-state index in [1.54, 1.807) is 57.5 Å². The lowest BCUT2D eigenvalue weighted by Gasteiger charge is -2.17. The summed E-state index contributed by atoms with van der Waals surface area (Å²) in [7, 11) is -0.770. The number of amides is 1. The summed E-state index contributed by atoms with van der Waals surface area (Å²) in [5, 5.41) is 2.90. The van der Waals surface area contributed by atoms with Crippen LogP contribution in [0.4, 0.5) is 5.69 Å². The summed E-state index contributed by atoms with van der Waals surface area (Å²) < 4.78 is 39.1. The van der Waals surface area contributed by atoms with E-state index in [1.807, 2.05) is 32.0 Å². The summed E-state index contributed by atoms with van der Waals surface area (Å²) in [5.41, 5.74) is 3.09. The molecule has 174 valence electrons. The van der Waals surface area contributed by atoms with Crippen LogP contribution in [-0.4, -0.2) is 28.5 Å². The Hall–Kier alpha value is -3.52. The van der Waals surface area contributed by atoms with Crippen LogP contribution in [0.1, 0.15) is 40.0 Å². The third-order valence-electron chi connectivity index (χ3n) is 5.30. The Bertz CT molecular complexity index is 1250. The average molecular weight is 469 g/mol. The fraction of sp³-hybridized carbons (Fsp3) is 0.240. The summed E-state index contributed by atoms with van der Waals surface area (Å²) in [5.74, 6) is 0.764. The molecule has 7 nitrogen and oxygen atoms in total. The second kappa shape index (κ2) is 9.95. The number of anilines is 1. The Morgan fingerprint density at radius 1 is 0.879 bits per heavy atom. The number of benzene rings is 3. The van der Waals surface area contributed by atoms with Gasteiger partial charge >= 0.3 is 0 Å². The molecule has 33 heavy (non-hydrogen) atoms. The Labute approximate surface area is 194 Å². The average Bonchev–Trinajstić information content (AvgIpc) is 2.79. The second-order valence-corrected chi connectivity index (χ2v) is 9.41. The number of rotatable bonds is 8. The van der Waals surface area contributed by atoms with Gasteiger partial charge in [-0.2, -0.15) is 0 Å². The van der Waals surface area contributed by atoms with E-state index in [0.717, 1.165) is 11.1 Å². The van der Waals surface area contributed by atoms with E-state index in [0.29, 0.717) is 22.7 Å². The molecule has 3 rings (SSSR count). The summed E-state index contributed by atoms with van der Waals surface area (Å²) in [4.78, 5) is 13.0. The highest BCUT2D eigenvalue weighted by Crippen LogP contribution is 2.30. The first-order chi connectivity index (χ1) is 15.6. The largest absolute Gasteiger partial charge is 0.493 e. The van der Waals surface area contributed by atoms with Crippen LogP contribution in [-0.2, 0) is 10.0 Å². The van der Waals surface area contributed by atoms with Crippen molar-refractivity contribution in [2.45, 2.75) is 31.7 Å². The first-order valence-corrected chi connectivity index (χ1v) is 11.9. The normalized spacial score (nSPS) is 12.0. The van der Waals surface area contributed by atoms with E-state index in [4.69, 9.17) is 9.47 Å². The molecular formula is C25H28N2O5S. The number of carbonyl (C=O) groups is 1. The Kier molecular flexibility index (Phi) is 7.28. The number of aryl methyl sites for hydroxylation is 2. The lowest BCUT2D eigenvalue weighted by atomic mass is 10.1. The van der Waals surface area contributed by atoms with Crippen LogP contribution in [0, 0.1) is 13.8 Å². The van der Waals surface area contributed by atoms with Crippen molar-refractivity contribution in [2.24, 2.45) is 0 Å². The maximum absolute atomic E-state index is 13.0. The summed E-state index contributed by atoms with van der Waals surface area (Å²) >= 11 is 0. The maximum atomic E-state index is 13.0. The minimum absolute atomic E-state index is 0.0505. The molecule has 3 aromatic rings. The molecule has 0 radical (unpaired) electrons. The fourth-order valence-corrected chi connectivity index (χ4v) is 4.68. The summed E-state index contributed by atoms with van der Waals surface area (Å²) in [6.07, 6.45) is 0. The van der Waals surface area contributed by atoms with E-state index in [-0.39, 0.29) is 22.4 Å². The van der Waals surface area contributed by atoms with Crippen molar-refractivity contribution in [1.29, 1.82) is 0 Å². The minimum Gasteiger partial charge on any atom is -0.493 e. The van der Waals surface area contributed by atoms with Gasteiger partial charge in [0.25, 0.3) is 15.9 Å². The fourth-order valence-electron chi connectivity index (χ4n) is 3.35. The van der Waals surface area contributed by atoms with Gasteiger partial charge in [0.05, 0.1) is 25.2 Å². The number of ether oxygens (including phenoxy) is 2. The van der Waals surface area contributed by atoms with Crippen LogP contribution in [0.5, 0.6) is 11.5 Å². The van der Waals surface area contributed by atoms with Crippen molar-refractivity contribution in [2.75, 3.05) is 18.9 Å². The van der Waals surface area contributed by atoms with Gasteiger partial charge in [0, 0.05) is 11.3 Å². The molecule has 0 aromatic heterocycles. The molecule has 0 aliphatic rings. The van der Waals surface area contributed by atoms with Crippen molar-refractivity contribution < 1.29 is 22.7 Å². The maximum Gasteiger partial charge on any atom is 0.262 e. The molecule has 0 fully saturated rings. The highest BCUT2D eigenvalue weighted by molar-refractivity contribution is 7.92. The van der Waals surface area contributed by atoms with Crippen LogP contribution in [0.25, 0.3) is 0 Å². The predicted molar refractivity (Wildman–Crippen MR) is 129 cm³/mol. The van der Waals surface area contributed by atoms with Crippen molar-refractivity contribution in [3.8, 4) is 11.5 Å².